The van der Waals surface area contributed by atoms with Gasteiger partial charge < -0.3 is 20.1 Å². The lowest BCUT2D eigenvalue weighted by molar-refractivity contribution is -0.132. The van der Waals surface area contributed by atoms with Gasteiger partial charge in [0, 0.05) is 23.3 Å². The van der Waals surface area contributed by atoms with Crippen LogP contribution in [0.4, 0.5) is 11.4 Å². The van der Waals surface area contributed by atoms with Gasteiger partial charge in [-0.1, -0.05) is 18.2 Å². The van der Waals surface area contributed by atoms with E-state index >= 15 is 0 Å². The number of pyridine rings is 1. The van der Waals surface area contributed by atoms with Crippen molar-refractivity contribution in [2.24, 2.45) is 0 Å². The molecule has 0 bridgehead atoms. The summed E-state index contributed by atoms with van der Waals surface area (Å²) in [6.07, 6.45) is 1.63. The molecule has 130 valence electrons. The summed E-state index contributed by atoms with van der Waals surface area (Å²) in [6, 6.07) is 14.0. The smallest absolute Gasteiger partial charge is 0.314 e. The third kappa shape index (κ3) is 3.14. The summed E-state index contributed by atoms with van der Waals surface area (Å²) in [4.78, 5) is 28.7. The SMILES string of the molecule is O=C(Nc1ccc2c(c1)OCCO2)C(=O)Nc1cccc2cccnc12. The Hall–Kier alpha value is -3.61. The first-order valence-corrected chi connectivity index (χ1v) is 8.06. The van der Waals surface area contributed by atoms with Crippen LogP contribution in [0.25, 0.3) is 10.9 Å². The number of carbonyl (C=O) groups is 2. The Morgan fingerprint density at radius 2 is 1.65 bits per heavy atom. The van der Waals surface area contributed by atoms with E-state index in [2.05, 4.69) is 15.6 Å². The van der Waals surface area contributed by atoms with Gasteiger partial charge in [0.2, 0.25) is 0 Å². The molecule has 7 heteroatoms. The minimum atomic E-state index is -0.783. The number of aromatic nitrogens is 1. The van der Waals surface area contributed by atoms with Crippen LogP contribution in [0.3, 0.4) is 0 Å². The molecule has 7 nitrogen and oxygen atoms in total. The summed E-state index contributed by atoms with van der Waals surface area (Å²) >= 11 is 0. The van der Waals surface area contributed by atoms with Gasteiger partial charge in [-0.2, -0.15) is 0 Å². The largest absolute Gasteiger partial charge is 0.486 e. The fourth-order valence-electron chi connectivity index (χ4n) is 2.69. The van der Waals surface area contributed by atoms with E-state index in [-0.39, 0.29) is 0 Å². The van der Waals surface area contributed by atoms with E-state index in [9.17, 15) is 9.59 Å². The van der Waals surface area contributed by atoms with Gasteiger partial charge in [0.25, 0.3) is 0 Å². The summed E-state index contributed by atoms with van der Waals surface area (Å²) in [7, 11) is 0. The van der Waals surface area contributed by atoms with E-state index in [4.69, 9.17) is 9.47 Å². The number of nitrogens with zero attached hydrogens (tertiary/aromatic N) is 1. The predicted octanol–water partition coefficient (Wildman–Crippen LogP) is 2.58. The number of amides is 2. The van der Waals surface area contributed by atoms with Gasteiger partial charge in [0.05, 0.1) is 11.2 Å². The monoisotopic (exact) mass is 349 g/mol. The Balaban J connectivity index is 1.49. The first-order valence-electron chi connectivity index (χ1n) is 8.06. The maximum atomic E-state index is 12.2. The van der Waals surface area contributed by atoms with Crippen LogP contribution in [-0.2, 0) is 9.59 Å². The van der Waals surface area contributed by atoms with Crippen molar-refractivity contribution in [2.45, 2.75) is 0 Å². The van der Waals surface area contributed by atoms with Gasteiger partial charge in [-0.3, -0.25) is 14.6 Å². The quantitative estimate of drug-likeness (QED) is 0.694. The summed E-state index contributed by atoms with van der Waals surface area (Å²) in [5.41, 5.74) is 1.55. The van der Waals surface area contributed by atoms with E-state index in [1.165, 1.54) is 0 Å². The lowest BCUT2D eigenvalue weighted by Crippen LogP contribution is -2.29. The van der Waals surface area contributed by atoms with E-state index < -0.39 is 11.8 Å². The molecule has 0 spiro atoms. The van der Waals surface area contributed by atoms with Gasteiger partial charge in [0.1, 0.15) is 13.2 Å². The van der Waals surface area contributed by atoms with Crippen LogP contribution in [0.2, 0.25) is 0 Å². The van der Waals surface area contributed by atoms with Crippen molar-refractivity contribution < 1.29 is 19.1 Å². The lowest BCUT2D eigenvalue weighted by atomic mass is 10.2. The summed E-state index contributed by atoms with van der Waals surface area (Å²) in [5, 5.41) is 6.02. The Morgan fingerprint density at radius 1 is 0.885 bits per heavy atom. The molecule has 1 aliphatic heterocycles. The van der Waals surface area contributed by atoms with Gasteiger partial charge >= 0.3 is 11.8 Å². The predicted molar refractivity (Wildman–Crippen MR) is 96.4 cm³/mol. The molecule has 2 heterocycles. The number of benzene rings is 2. The van der Waals surface area contributed by atoms with Crippen LogP contribution < -0.4 is 20.1 Å². The number of nitrogens with one attached hydrogen (secondary N) is 2. The number of fused-ring (bicyclic) bond motifs is 2. The van der Waals surface area contributed by atoms with Crippen molar-refractivity contribution in [3.05, 3.63) is 54.7 Å². The minimum absolute atomic E-state index is 0.443. The second kappa shape index (κ2) is 6.72. The zero-order chi connectivity index (χ0) is 17.9. The standard InChI is InChI=1S/C19H15N3O4/c23-18(21-13-6-7-15-16(11-13)26-10-9-25-15)19(24)22-14-5-1-3-12-4-2-8-20-17(12)14/h1-8,11H,9-10H2,(H,21,23)(H,22,24). The fraction of sp³-hybridized carbons (Fsp3) is 0.105. The number of hydrogen-bond acceptors (Lipinski definition) is 5. The highest BCUT2D eigenvalue weighted by atomic mass is 16.6. The number of anilines is 2. The van der Waals surface area contributed by atoms with Crippen molar-refractivity contribution in [3.8, 4) is 11.5 Å². The molecule has 0 fully saturated rings. The summed E-state index contributed by atoms with van der Waals surface area (Å²) in [6.45, 7) is 0.930. The fourth-order valence-corrected chi connectivity index (χ4v) is 2.69. The number of hydrogen-bond donors (Lipinski definition) is 2. The molecule has 1 aliphatic rings. The Morgan fingerprint density at radius 3 is 2.54 bits per heavy atom. The Kier molecular flexibility index (Phi) is 4.10. The minimum Gasteiger partial charge on any atom is -0.486 e. The molecule has 0 unspecified atom stereocenters. The molecule has 2 aromatic carbocycles. The van der Waals surface area contributed by atoms with E-state index in [1.807, 2.05) is 18.2 Å². The van der Waals surface area contributed by atoms with Crippen molar-refractivity contribution in [2.75, 3.05) is 23.8 Å². The Labute approximate surface area is 148 Å². The molecule has 0 saturated heterocycles. The third-order valence-corrected chi connectivity index (χ3v) is 3.89. The van der Waals surface area contributed by atoms with Crippen LogP contribution >= 0.6 is 0 Å². The van der Waals surface area contributed by atoms with E-state index in [0.717, 1.165) is 5.39 Å². The zero-order valence-corrected chi connectivity index (χ0v) is 13.7. The zero-order valence-electron chi connectivity index (χ0n) is 13.7. The normalized spacial score (nSPS) is 12.5. The number of rotatable bonds is 2. The van der Waals surface area contributed by atoms with Crippen LogP contribution in [0.5, 0.6) is 11.5 Å². The number of ether oxygens (including phenoxy) is 2. The third-order valence-electron chi connectivity index (χ3n) is 3.89. The molecule has 3 aromatic rings. The van der Waals surface area contributed by atoms with Crippen LogP contribution in [0.15, 0.2) is 54.7 Å². The van der Waals surface area contributed by atoms with E-state index in [0.29, 0.717) is 41.6 Å². The molecule has 2 N–H and O–H groups in total. The molecule has 0 atom stereocenters. The number of para-hydroxylation sites is 1. The molecule has 1 aromatic heterocycles. The second-order valence-electron chi connectivity index (χ2n) is 5.65. The average molecular weight is 349 g/mol. The first kappa shape index (κ1) is 15.9. The van der Waals surface area contributed by atoms with Gasteiger partial charge in [-0.25, -0.2) is 0 Å². The highest BCUT2D eigenvalue weighted by Crippen LogP contribution is 2.32. The Bertz CT molecular complexity index is 998. The van der Waals surface area contributed by atoms with Crippen molar-refractivity contribution in [1.29, 1.82) is 0 Å². The lowest BCUT2D eigenvalue weighted by Gasteiger charge is -2.18. The van der Waals surface area contributed by atoms with Gasteiger partial charge in [-0.05, 0) is 24.3 Å². The van der Waals surface area contributed by atoms with Gasteiger partial charge in [-0.15, -0.1) is 0 Å². The van der Waals surface area contributed by atoms with E-state index in [1.54, 1.807) is 36.5 Å². The molecule has 26 heavy (non-hydrogen) atoms. The summed E-state index contributed by atoms with van der Waals surface area (Å²) < 4.78 is 10.9. The van der Waals surface area contributed by atoms with Crippen molar-refractivity contribution in [1.82, 2.24) is 4.98 Å². The summed E-state index contributed by atoms with van der Waals surface area (Å²) in [5.74, 6) is -0.416. The average Bonchev–Trinajstić information content (AvgIpc) is 2.68. The number of carbonyl (C=O) groups excluding carboxylic acids is 2. The molecule has 0 aliphatic carbocycles. The first-order chi connectivity index (χ1) is 12.7. The molecule has 0 saturated carbocycles. The van der Waals surface area contributed by atoms with Gasteiger partial charge in [0.15, 0.2) is 11.5 Å². The highest BCUT2D eigenvalue weighted by Gasteiger charge is 2.17. The van der Waals surface area contributed by atoms with Crippen LogP contribution in [0.1, 0.15) is 0 Å². The van der Waals surface area contributed by atoms with Crippen LogP contribution in [0, 0.1) is 0 Å². The van der Waals surface area contributed by atoms with Crippen molar-refractivity contribution in [3.63, 3.8) is 0 Å². The molecular formula is C19H15N3O4. The highest BCUT2D eigenvalue weighted by molar-refractivity contribution is 6.44. The maximum Gasteiger partial charge on any atom is 0.314 e. The molecule has 4 rings (SSSR count). The van der Waals surface area contributed by atoms with Crippen molar-refractivity contribution >= 4 is 34.1 Å². The molecule has 0 radical (unpaired) electrons. The maximum absolute atomic E-state index is 12.2. The van der Waals surface area contributed by atoms with Crippen LogP contribution in [-0.4, -0.2) is 30.0 Å². The molecular weight excluding hydrogens is 334 g/mol. The topological polar surface area (TPSA) is 89.5 Å². The molecule has 2 amide bonds. The second-order valence-corrected chi connectivity index (χ2v) is 5.65.